The summed E-state index contributed by atoms with van der Waals surface area (Å²) in [7, 11) is -0.469. The number of aliphatic hydroxyl groups is 1. The molecular formula is C17H24F2N2O4S. The second kappa shape index (κ2) is 7.28. The maximum absolute atomic E-state index is 14.6. The average molecular weight is 390 g/mol. The van der Waals surface area contributed by atoms with Gasteiger partial charge in [0.25, 0.3) is 0 Å². The van der Waals surface area contributed by atoms with E-state index in [0.29, 0.717) is 0 Å². The third-order valence-corrected chi connectivity index (χ3v) is 6.75. The number of carbonyl (C=O) groups is 1. The molecule has 1 aliphatic rings. The molecule has 2 heterocycles. The van der Waals surface area contributed by atoms with E-state index in [-0.39, 0.29) is 18.7 Å². The van der Waals surface area contributed by atoms with Gasteiger partial charge in [-0.3, -0.25) is 4.79 Å². The lowest BCUT2D eigenvalue weighted by molar-refractivity contribution is -0.150. The summed E-state index contributed by atoms with van der Waals surface area (Å²) in [5, 5.41) is 9.77. The van der Waals surface area contributed by atoms with Gasteiger partial charge in [0.1, 0.15) is 16.8 Å². The molecule has 9 heteroatoms. The second-order valence-electron chi connectivity index (χ2n) is 7.50. The van der Waals surface area contributed by atoms with Gasteiger partial charge in [0.2, 0.25) is 5.95 Å². The van der Waals surface area contributed by atoms with E-state index in [4.69, 9.17) is 4.74 Å². The van der Waals surface area contributed by atoms with Crippen molar-refractivity contribution in [3.05, 3.63) is 29.6 Å². The molecular weight excluding hydrogens is 366 g/mol. The van der Waals surface area contributed by atoms with Crippen LogP contribution in [0, 0.1) is 23.6 Å². The number of nitrogens with zero attached hydrogens (tertiary/aromatic N) is 2. The highest BCUT2D eigenvalue weighted by molar-refractivity contribution is 7.84. The van der Waals surface area contributed by atoms with Gasteiger partial charge in [0.15, 0.2) is 0 Å². The van der Waals surface area contributed by atoms with E-state index in [1.807, 2.05) is 0 Å². The molecule has 1 fully saturated rings. The minimum atomic E-state index is -1.65. The van der Waals surface area contributed by atoms with E-state index in [1.165, 1.54) is 18.3 Å². The number of hydrogen-bond acceptors (Lipinski definition) is 5. The van der Waals surface area contributed by atoms with Crippen LogP contribution in [0.3, 0.4) is 0 Å². The van der Waals surface area contributed by atoms with Crippen LogP contribution in [0.1, 0.15) is 33.3 Å². The standard InChI is InChI=1S/C17H24F2N2O4S/c1-16(2,3)26(24)21-8-10(9-22)14(15(23)25-5)17(21,4)11-6-13(19)20-7-12(11)18/h6-7,10,14,22H,8-9H2,1-5H3/t10-,14+,17+,26?/m0/s1. The Hall–Kier alpha value is -1.45. The number of carbonyl (C=O) groups excluding carboxylic acids is 1. The molecule has 0 radical (unpaired) electrons. The first-order valence-corrected chi connectivity index (χ1v) is 9.29. The fraction of sp³-hybridized carbons (Fsp3) is 0.647. The zero-order valence-electron chi connectivity index (χ0n) is 15.5. The maximum Gasteiger partial charge on any atom is 0.311 e. The van der Waals surface area contributed by atoms with Gasteiger partial charge >= 0.3 is 5.97 Å². The third kappa shape index (κ3) is 3.39. The van der Waals surface area contributed by atoms with Crippen LogP contribution in [-0.4, -0.2) is 49.6 Å². The topological polar surface area (TPSA) is 79.7 Å². The molecule has 0 bridgehead atoms. The number of aliphatic hydroxyl groups excluding tert-OH is 1. The number of halogens is 2. The van der Waals surface area contributed by atoms with Gasteiger partial charge in [0.05, 0.1) is 29.5 Å². The molecule has 4 atom stereocenters. The molecule has 0 aromatic carbocycles. The van der Waals surface area contributed by atoms with Gasteiger partial charge in [-0.1, -0.05) is 0 Å². The van der Waals surface area contributed by atoms with Crippen molar-refractivity contribution in [2.24, 2.45) is 11.8 Å². The maximum atomic E-state index is 14.6. The van der Waals surface area contributed by atoms with E-state index < -0.39 is 50.8 Å². The predicted molar refractivity (Wildman–Crippen MR) is 92.2 cm³/mol. The molecule has 26 heavy (non-hydrogen) atoms. The zero-order chi connectivity index (χ0) is 19.9. The van der Waals surface area contributed by atoms with E-state index in [0.717, 1.165) is 12.3 Å². The van der Waals surface area contributed by atoms with Crippen molar-refractivity contribution in [1.82, 2.24) is 9.29 Å². The molecule has 0 amide bonds. The Kier molecular flexibility index (Phi) is 5.84. The zero-order valence-corrected chi connectivity index (χ0v) is 16.3. The Labute approximate surface area is 154 Å². The molecule has 1 aromatic heterocycles. The molecule has 1 aliphatic heterocycles. The Balaban J connectivity index is 2.74. The van der Waals surface area contributed by atoms with E-state index in [2.05, 4.69) is 4.98 Å². The highest BCUT2D eigenvalue weighted by Gasteiger charge is 2.59. The van der Waals surface area contributed by atoms with Crippen LogP contribution in [0.2, 0.25) is 0 Å². The monoisotopic (exact) mass is 390 g/mol. The number of hydrogen-bond donors (Lipinski definition) is 1. The van der Waals surface area contributed by atoms with Gasteiger partial charge in [-0.25, -0.2) is 17.9 Å². The molecule has 0 aliphatic carbocycles. The van der Waals surface area contributed by atoms with Crippen LogP contribution in [0.5, 0.6) is 0 Å². The Morgan fingerprint density at radius 1 is 1.50 bits per heavy atom. The summed E-state index contributed by atoms with van der Waals surface area (Å²) in [6.07, 6.45) is 0.731. The lowest BCUT2D eigenvalue weighted by Gasteiger charge is -2.40. The normalized spacial score (nSPS) is 28.2. The minimum absolute atomic E-state index is 0.0695. The van der Waals surface area contributed by atoms with Crippen LogP contribution in [0.25, 0.3) is 0 Å². The quantitative estimate of drug-likeness (QED) is 0.626. The summed E-state index contributed by atoms with van der Waals surface area (Å²) in [4.78, 5) is 15.8. The highest BCUT2D eigenvalue weighted by atomic mass is 32.2. The molecule has 2 rings (SSSR count). The van der Waals surface area contributed by atoms with Gasteiger partial charge < -0.3 is 9.84 Å². The third-order valence-electron chi connectivity index (χ3n) is 4.78. The highest BCUT2D eigenvalue weighted by Crippen LogP contribution is 2.49. The Morgan fingerprint density at radius 3 is 2.62 bits per heavy atom. The number of ether oxygens (including phenoxy) is 1. The lowest BCUT2D eigenvalue weighted by atomic mass is 9.77. The van der Waals surface area contributed by atoms with Crippen molar-refractivity contribution >= 4 is 17.0 Å². The van der Waals surface area contributed by atoms with Crippen LogP contribution in [0.15, 0.2) is 12.3 Å². The summed E-state index contributed by atoms with van der Waals surface area (Å²) < 4.78 is 47.1. The van der Waals surface area contributed by atoms with Crippen molar-refractivity contribution in [3.8, 4) is 0 Å². The van der Waals surface area contributed by atoms with Gasteiger partial charge in [-0.15, -0.1) is 0 Å². The number of esters is 1. The summed E-state index contributed by atoms with van der Waals surface area (Å²) in [5.41, 5.74) is -1.62. The summed E-state index contributed by atoms with van der Waals surface area (Å²) >= 11 is 0. The molecule has 0 saturated carbocycles. The number of pyridine rings is 1. The summed E-state index contributed by atoms with van der Waals surface area (Å²) in [6.45, 7) is 6.43. The molecule has 1 unspecified atom stereocenters. The Morgan fingerprint density at radius 2 is 2.12 bits per heavy atom. The molecule has 1 saturated heterocycles. The van der Waals surface area contributed by atoms with Crippen molar-refractivity contribution in [2.45, 2.75) is 38.0 Å². The molecule has 1 aromatic rings. The molecule has 146 valence electrons. The van der Waals surface area contributed by atoms with Crippen LogP contribution in [0.4, 0.5) is 8.78 Å². The van der Waals surface area contributed by atoms with Crippen LogP contribution < -0.4 is 0 Å². The van der Waals surface area contributed by atoms with Crippen LogP contribution in [-0.2, 0) is 26.1 Å². The first-order valence-electron chi connectivity index (χ1n) is 8.18. The molecule has 6 nitrogen and oxygen atoms in total. The van der Waals surface area contributed by atoms with Gasteiger partial charge in [-0.2, -0.15) is 4.39 Å². The van der Waals surface area contributed by atoms with Crippen molar-refractivity contribution < 1.29 is 27.6 Å². The number of aromatic nitrogens is 1. The van der Waals surface area contributed by atoms with E-state index in [9.17, 15) is 22.9 Å². The largest absolute Gasteiger partial charge is 0.469 e. The second-order valence-corrected chi connectivity index (χ2v) is 9.66. The summed E-state index contributed by atoms with van der Waals surface area (Å²) in [5.74, 6) is -4.09. The molecule has 1 N–H and O–H groups in total. The molecule has 0 spiro atoms. The van der Waals surface area contributed by atoms with Crippen molar-refractivity contribution in [3.63, 3.8) is 0 Å². The van der Waals surface area contributed by atoms with Crippen molar-refractivity contribution in [1.29, 1.82) is 0 Å². The summed E-state index contributed by atoms with van der Waals surface area (Å²) in [6, 6.07) is 0.901. The first-order chi connectivity index (χ1) is 12.0. The Bertz CT molecular complexity index is 725. The van der Waals surface area contributed by atoms with E-state index >= 15 is 0 Å². The smallest absolute Gasteiger partial charge is 0.311 e. The lowest BCUT2D eigenvalue weighted by Crippen LogP contribution is -2.50. The predicted octanol–water partition coefficient (Wildman–Crippen LogP) is 1.75. The van der Waals surface area contributed by atoms with Crippen molar-refractivity contribution in [2.75, 3.05) is 20.3 Å². The number of methoxy groups -OCH3 is 1. The minimum Gasteiger partial charge on any atom is -0.469 e. The SMILES string of the molecule is COC(=O)[C@H]1[C@H](CO)CN(S(=O)C(C)(C)C)[C@]1(C)c1cc(F)ncc1F. The fourth-order valence-electron chi connectivity index (χ4n) is 3.51. The number of rotatable bonds is 4. The fourth-order valence-corrected chi connectivity index (χ4v) is 5.05. The first kappa shape index (κ1) is 20.9. The van der Waals surface area contributed by atoms with Gasteiger partial charge in [-0.05, 0) is 27.7 Å². The van der Waals surface area contributed by atoms with E-state index in [1.54, 1.807) is 20.8 Å². The van der Waals surface area contributed by atoms with Crippen LogP contribution >= 0.6 is 0 Å². The van der Waals surface area contributed by atoms with Gasteiger partial charge in [0, 0.05) is 30.7 Å². The average Bonchev–Trinajstić information content (AvgIpc) is 2.88.